The second-order valence-electron chi connectivity index (χ2n) is 3.92. The van der Waals surface area contributed by atoms with E-state index < -0.39 is 0 Å². The molecule has 0 saturated heterocycles. The molecule has 2 aromatic rings. The molecule has 0 fully saturated rings. The van der Waals surface area contributed by atoms with Crippen LogP contribution in [0.15, 0.2) is 40.9 Å². The van der Waals surface area contributed by atoms with E-state index in [9.17, 15) is 4.39 Å². The Morgan fingerprint density at radius 2 is 1.95 bits per heavy atom. The predicted octanol–water partition coefficient (Wildman–Crippen LogP) is 5.73. The van der Waals surface area contributed by atoms with Crippen molar-refractivity contribution < 1.29 is 9.13 Å². The zero-order valence-electron chi connectivity index (χ0n) is 9.96. The molecule has 2 aromatic carbocycles. The molecule has 0 amide bonds. The van der Waals surface area contributed by atoms with E-state index in [2.05, 4.69) is 31.9 Å². The van der Waals surface area contributed by atoms with E-state index >= 15 is 0 Å². The van der Waals surface area contributed by atoms with E-state index in [0.29, 0.717) is 5.02 Å². The number of alkyl halides is 1. The summed E-state index contributed by atoms with van der Waals surface area (Å²) < 4.78 is 19.5. The van der Waals surface area contributed by atoms with Gasteiger partial charge >= 0.3 is 0 Å². The normalized spacial score (nSPS) is 12.3. The molecular formula is C14H10Br2ClFO. The van der Waals surface area contributed by atoms with Gasteiger partial charge < -0.3 is 4.74 Å². The lowest BCUT2D eigenvalue weighted by atomic mass is 10.0. The van der Waals surface area contributed by atoms with Crippen LogP contribution in [0.25, 0.3) is 0 Å². The summed E-state index contributed by atoms with van der Waals surface area (Å²) in [6, 6.07) is 10.4. The highest BCUT2D eigenvalue weighted by Gasteiger charge is 2.15. The smallest absolute Gasteiger partial charge is 0.165 e. The fourth-order valence-corrected chi connectivity index (χ4v) is 3.63. The fourth-order valence-electron chi connectivity index (χ4n) is 1.73. The van der Waals surface area contributed by atoms with Gasteiger partial charge in [-0.3, -0.25) is 0 Å². The molecule has 0 heterocycles. The van der Waals surface area contributed by atoms with E-state index in [1.807, 2.05) is 18.2 Å². The first-order valence-electron chi connectivity index (χ1n) is 5.45. The molecule has 2 rings (SSSR count). The molecule has 1 atom stereocenters. The number of hydrogen-bond acceptors (Lipinski definition) is 1. The highest BCUT2D eigenvalue weighted by Crippen LogP contribution is 2.37. The lowest BCUT2D eigenvalue weighted by Crippen LogP contribution is -1.96. The van der Waals surface area contributed by atoms with Gasteiger partial charge in [0, 0.05) is 9.50 Å². The highest BCUT2D eigenvalue weighted by atomic mass is 79.9. The average molecular weight is 408 g/mol. The van der Waals surface area contributed by atoms with E-state index in [-0.39, 0.29) is 16.4 Å². The summed E-state index contributed by atoms with van der Waals surface area (Å²) in [7, 11) is 1.44. The van der Waals surface area contributed by atoms with Crippen LogP contribution in [-0.4, -0.2) is 7.11 Å². The van der Waals surface area contributed by atoms with Crippen LogP contribution < -0.4 is 4.74 Å². The summed E-state index contributed by atoms with van der Waals surface area (Å²) >= 11 is 12.9. The summed E-state index contributed by atoms with van der Waals surface area (Å²) in [5.74, 6) is -0.145. The minimum Gasteiger partial charge on any atom is -0.494 e. The third-order valence-electron chi connectivity index (χ3n) is 2.70. The number of benzene rings is 2. The number of methoxy groups -OCH3 is 1. The van der Waals surface area contributed by atoms with E-state index in [0.717, 1.165) is 15.6 Å². The van der Waals surface area contributed by atoms with Crippen LogP contribution in [0, 0.1) is 5.82 Å². The summed E-state index contributed by atoms with van der Waals surface area (Å²) in [6.07, 6.45) is 0. The Kier molecular flexibility index (Phi) is 4.87. The van der Waals surface area contributed by atoms with Crippen molar-refractivity contribution in [2.24, 2.45) is 0 Å². The Bertz CT molecular complexity index is 604. The van der Waals surface area contributed by atoms with E-state index in [4.69, 9.17) is 16.3 Å². The lowest BCUT2D eigenvalue weighted by Gasteiger charge is -2.14. The van der Waals surface area contributed by atoms with Crippen molar-refractivity contribution in [2.45, 2.75) is 4.83 Å². The van der Waals surface area contributed by atoms with Gasteiger partial charge in [-0.1, -0.05) is 55.6 Å². The SMILES string of the molecule is COc1ccc(C(Br)c2ccc(Cl)cc2Br)cc1F. The number of halogens is 4. The van der Waals surface area contributed by atoms with Crippen molar-refractivity contribution in [1.82, 2.24) is 0 Å². The van der Waals surface area contributed by atoms with Crippen molar-refractivity contribution in [3.63, 3.8) is 0 Å². The van der Waals surface area contributed by atoms with Crippen LogP contribution in [-0.2, 0) is 0 Å². The van der Waals surface area contributed by atoms with E-state index in [1.165, 1.54) is 13.2 Å². The molecule has 5 heteroatoms. The standard InChI is InChI=1S/C14H10Br2ClFO/c1-19-13-5-2-8(6-12(13)18)14(16)10-4-3-9(17)7-11(10)15/h2-7,14H,1H3. The van der Waals surface area contributed by atoms with Gasteiger partial charge in [-0.25, -0.2) is 4.39 Å². The molecule has 0 aliphatic carbocycles. The number of rotatable bonds is 3. The maximum absolute atomic E-state index is 13.7. The first-order chi connectivity index (χ1) is 9.02. The summed E-state index contributed by atoms with van der Waals surface area (Å²) in [5, 5.41) is 0.649. The van der Waals surface area contributed by atoms with Gasteiger partial charge in [0.05, 0.1) is 11.9 Å². The molecule has 19 heavy (non-hydrogen) atoms. The Morgan fingerprint density at radius 3 is 2.53 bits per heavy atom. The minimum absolute atomic E-state index is 0.125. The van der Waals surface area contributed by atoms with Gasteiger partial charge in [0.25, 0.3) is 0 Å². The molecule has 0 bridgehead atoms. The van der Waals surface area contributed by atoms with Crippen LogP contribution >= 0.6 is 43.5 Å². The van der Waals surface area contributed by atoms with Crippen molar-refractivity contribution in [3.05, 3.63) is 62.8 Å². The maximum Gasteiger partial charge on any atom is 0.165 e. The molecule has 0 aromatic heterocycles. The van der Waals surface area contributed by atoms with Crippen molar-refractivity contribution in [3.8, 4) is 5.75 Å². The highest BCUT2D eigenvalue weighted by molar-refractivity contribution is 9.11. The van der Waals surface area contributed by atoms with Crippen LogP contribution in [0.1, 0.15) is 16.0 Å². The number of hydrogen-bond donors (Lipinski definition) is 0. The van der Waals surface area contributed by atoms with E-state index in [1.54, 1.807) is 12.1 Å². The predicted molar refractivity (Wildman–Crippen MR) is 82.9 cm³/mol. The summed E-state index contributed by atoms with van der Waals surface area (Å²) in [5.41, 5.74) is 1.79. The first-order valence-corrected chi connectivity index (χ1v) is 7.54. The third-order valence-corrected chi connectivity index (χ3v) is 4.65. The average Bonchev–Trinajstić information content (AvgIpc) is 2.38. The Balaban J connectivity index is 2.38. The fraction of sp³-hybridized carbons (Fsp3) is 0.143. The molecule has 0 aliphatic rings. The zero-order chi connectivity index (χ0) is 14.0. The van der Waals surface area contributed by atoms with Crippen molar-refractivity contribution in [1.29, 1.82) is 0 Å². The molecule has 0 aliphatic heterocycles. The maximum atomic E-state index is 13.7. The number of ether oxygens (including phenoxy) is 1. The van der Waals surface area contributed by atoms with Gasteiger partial charge in [0.2, 0.25) is 0 Å². The molecule has 0 saturated carbocycles. The van der Waals surface area contributed by atoms with Gasteiger partial charge in [0.15, 0.2) is 11.6 Å². The first kappa shape index (κ1) is 14.8. The second kappa shape index (κ2) is 6.25. The van der Waals surface area contributed by atoms with Crippen LogP contribution in [0.5, 0.6) is 5.75 Å². The molecule has 0 radical (unpaired) electrons. The van der Waals surface area contributed by atoms with Crippen LogP contribution in [0.2, 0.25) is 5.02 Å². The topological polar surface area (TPSA) is 9.23 Å². The molecule has 1 unspecified atom stereocenters. The molecule has 100 valence electrons. The van der Waals surface area contributed by atoms with Gasteiger partial charge in [-0.05, 0) is 35.4 Å². The molecule has 1 nitrogen and oxygen atoms in total. The summed E-state index contributed by atoms with van der Waals surface area (Å²) in [6.45, 7) is 0. The monoisotopic (exact) mass is 406 g/mol. The van der Waals surface area contributed by atoms with Crippen LogP contribution in [0.4, 0.5) is 4.39 Å². The Morgan fingerprint density at radius 1 is 1.21 bits per heavy atom. The third kappa shape index (κ3) is 3.30. The van der Waals surface area contributed by atoms with Crippen molar-refractivity contribution in [2.75, 3.05) is 7.11 Å². The van der Waals surface area contributed by atoms with Gasteiger partial charge in [-0.15, -0.1) is 0 Å². The van der Waals surface area contributed by atoms with Gasteiger partial charge in [-0.2, -0.15) is 0 Å². The van der Waals surface area contributed by atoms with Crippen molar-refractivity contribution >= 4 is 43.5 Å². The zero-order valence-corrected chi connectivity index (χ0v) is 13.9. The molecule has 0 N–H and O–H groups in total. The Labute approximate surface area is 133 Å². The minimum atomic E-state index is -0.380. The molecule has 0 spiro atoms. The van der Waals surface area contributed by atoms with Gasteiger partial charge in [0.1, 0.15) is 0 Å². The summed E-state index contributed by atoms with van der Waals surface area (Å²) in [4.78, 5) is -0.125. The quantitative estimate of drug-likeness (QED) is 0.589. The largest absolute Gasteiger partial charge is 0.494 e. The molecular weight excluding hydrogens is 398 g/mol. The second-order valence-corrected chi connectivity index (χ2v) is 6.13. The Hall–Kier alpha value is -0.580. The lowest BCUT2D eigenvalue weighted by molar-refractivity contribution is 0.386. The van der Waals surface area contributed by atoms with Crippen LogP contribution in [0.3, 0.4) is 0 Å².